The van der Waals surface area contributed by atoms with E-state index < -0.39 is 11.9 Å². The van der Waals surface area contributed by atoms with Crippen LogP contribution >= 0.6 is 11.8 Å². The summed E-state index contributed by atoms with van der Waals surface area (Å²) in [6.07, 6.45) is 2.64. The summed E-state index contributed by atoms with van der Waals surface area (Å²) in [4.78, 5) is 27.2. The Hall–Kier alpha value is -3.27. The van der Waals surface area contributed by atoms with Crippen molar-refractivity contribution in [3.05, 3.63) is 46.7 Å². The molecule has 0 radical (unpaired) electrons. The highest BCUT2D eigenvalue weighted by Crippen LogP contribution is 2.23. The maximum atomic E-state index is 11.7. The number of ether oxygens (including phenoxy) is 1. The molecular weight excluding hydrogens is 358 g/mol. The van der Waals surface area contributed by atoms with Gasteiger partial charge in [0, 0.05) is 18.6 Å². The van der Waals surface area contributed by atoms with Gasteiger partial charge in [-0.1, -0.05) is 29.4 Å². The molecule has 9 nitrogen and oxygen atoms in total. The monoisotopic (exact) mass is 371 g/mol. The average Bonchev–Trinajstić information content (AvgIpc) is 3.21. The van der Waals surface area contributed by atoms with Crippen molar-refractivity contribution in [3.8, 4) is 11.4 Å². The maximum absolute atomic E-state index is 11.7. The Morgan fingerprint density at radius 3 is 2.77 bits per heavy atom. The number of amidine groups is 1. The Kier molecular flexibility index (Phi) is 5.23. The molecule has 1 amide bonds. The number of amides is 1. The van der Waals surface area contributed by atoms with Crippen LogP contribution in [0.5, 0.6) is 0 Å². The normalized spacial score (nSPS) is 17.2. The van der Waals surface area contributed by atoms with E-state index in [1.807, 2.05) is 24.3 Å². The van der Waals surface area contributed by atoms with Crippen molar-refractivity contribution in [3.63, 3.8) is 0 Å². The predicted molar refractivity (Wildman–Crippen MR) is 95.3 cm³/mol. The van der Waals surface area contributed by atoms with Gasteiger partial charge in [0.15, 0.2) is 5.17 Å². The van der Waals surface area contributed by atoms with Crippen LogP contribution in [0, 0.1) is 6.92 Å². The number of nitrogens with zero attached hydrogens (tertiary/aromatic N) is 4. The molecule has 132 valence electrons. The van der Waals surface area contributed by atoms with E-state index >= 15 is 0 Å². The van der Waals surface area contributed by atoms with Crippen LogP contribution in [0.2, 0.25) is 0 Å². The van der Waals surface area contributed by atoms with E-state index in [0.717, 1.165) is 29.0 Å². The van der Waals surface area contributed by atoms with Crippen molar-refractivity contribution in [2.75, 3.05) is 7.11 Å². The molecule has 1 N–H and O–H groups in total. The number of carbonyl (C=O) groups excluding carboxylic acids is 2. The van der Waals surface area contributed by atoms with Crippen molar-refractivity contribution in [1.29, 1.82) is 0 Å². The molecule has 1 fully saturated rings. The van der Waals surface area contributed by atoms with Gasteiger partial charge >= 0.3 is 5.97 Å². The Balaban J connectivity index is 1.65. The SMILES string of the molecule is COC(=O)/C=C1/S/C(=N\N=Cc2ccc(-c3noc(C)n3)cc2)NC1=O. The predicted octanol–water partition coefficient (Wildman–Crippen LogP) is 1.65. The molecule has 1 aliphatic heterocycles. The van der Waals surface area contributed by atoms with Crippen molar-refractivity contribution in [2.24, 2.45) is 10.2 Å². The Morgan fingerprint density at radius 2 is 2.12 bits per heavy atom. The second-order valence-electron chi connectivity index (χ2n) is 5.00. The number of nitrogens with one attached hydrogen (secondary N) is 1. The molecule has 0 atom stereocenters. The van der Waals surface area contributed by atoms with Crippen LogP contribution in [-0.2, 0) is 14.3 Å². The van der Waals surface area contributed by atoms with E-state index in [4.69, 9.17) is 4.52 Å². The van der Waals surface area contributed by atoms with Crippen molar-refractivity contribution in [2.45, 2.75) is 6.92 Å². The van der Waals surface area contributed by atoms with Crippen LogP contribution in [0.25, 0.3) is 11.4 Å². The summed E-state index contributed by atoms with van der Waals surface area (Å²) in [5.74, 6) is -0.0159. The Labute approximate surface area is 152 Å². The maximum Gasteiger partial charge on any atom is 0.331 e. The van der Waals surface area contributed by atoms with Crippen LogP contribution < -0.4 is 5.32 Å². The number of benzene rings is 1. The van der Waals surface area contributed by atoms with Gasteiger partial charge < -0.3 is 9.26 Å². The van der Waals surface area contributed by atoms with Crippen LogP contribution in [0.1, 0.15) is 11.5 Å². The van der Waals surface area contributed by atoms with Gasteiger partial charge in [0.2, 0.25) is 11.7 Å². The summed E-state index contributed by atoms with van der Waals surface area (Å²) >= 11 is 1.01. The van der Waals surface area contributed by atoms with Crippen molar-refractivity contribution in [1.82, 2.24) is 15.5 Å². The average molecular weight is 371 g/mol. The molecule has 0 aliphatic carbocycles. The van der Waals surface area contributed by atoms with E-state index in [0.29, 0.717) is 11.7 Å². The number of thioether (sulfide) groups is 1. The lowest BCUT2D eigenvalue weighted by molar-refractivity contribution is -0.135. The third-order valence-electron chi connectivity index (χ3n) is 3.15. The molecule has 1 aromatic carbocycles. The minimum Gasteiger partial charge on any atom is -0.466 e. The lowest BCUT2D eigenvalue weighted by Gasteiger charge is -1.95. The van der Waals surface area contributed by atoms with E-state index in [1.165, 1.54) is 13.3 Å². The number of aromatic nitrogens is 2. The summed E-state index contributed by atoms with van der Waals surface area (Å²) in [7, 11) is 1.24. The first-order valence-corrected chi connectivity index (χ1v) is 8.17. The fourth-order valence-corrected chi connectivity index (χ4v) is 2.66. The van der Waals surface area contributed by atoms with Crippen LogP contribution in [0.3, 0.4) is 0 Å². The summed E-state index contributed by atoms with van der Waals surface area (Å²) in [6, 6.07) is 7.32. The fourth-order valence-electron chi connectivity index (χ4n) is 1.92. The molecule has 1 aliphatic rings. The highest BCUT2D eigenvalue weighted by Gasteiger charge is 2.24. The molecule has 2 aromatic rings. The Morgan fingerprint density at radius 1 is 1.35 bits per heavy atom. The standard InChI is InChI=1S/C16H13N5O4S/c1-9-18-14(21-25-9)11-5-3-10(4-6-11)8-17-20-16-19-15(23)12(26-16)7-13(22)24-2/h3-8H,1-2H3,(H,19,20,23)/b12-7+,17-8?. The second kappa shape index (κ2) is 7.74. The second-order valence-corrected chi connectivity index (χ2v) is 6.03. The number of rotatable bonds is 4. The molecule has 1 saturated heterocycles. The minimum absolute atomic E-state index is 0.200. The number of esters is 1. The number of methoxy groups -OCH3 is 1. The van der Waals surface area contributed by atoms with Crippen molar-refractivity contribution < 1.29 is 18.8 Å². The van der Waals surface area contributed by atoms with Crippen LogP contribution in [0.15, 0.2) is 50.0 Å². The van der Waals surface area contributed by atoms with E-state index in [2.05, 4.69) is 30.4 Å². The van der Waals surface area contributed by atoms with Gasteiger partial charge in [0.25, 0.3) is 5.91 Å². The zero-order chi connectivity index (χ0) is 18.5. The summed E-state index contributed by atoms with van der Waals surface area (Å²) in [5, 5.41) is 14.5. The molecule has 2 heterocycles. The van der Waals surface area contributed by atoms with Gasteiger partial charge in [-0.25, -0.2) is 4.79 Å². The number of hydrogen-bond donors (Lipinski definition) is 1. The number of hydrogen-bond acceptors (Lipinski definition) is 9. The van der Waals surface area contributed by atoms with Gasteiger partial charge in [-0.3, -0.25) is 10.1 Å². The van der Waals surface area contributed by atoms with Gasteiger partial charge in [0.1, 0.15) is 0 Å². The molecule has 0 bridgehead atoms. The lowest BCUT2D eigenvalue weighted by Crippen LogP contribution is -2.19. The molecule has 3 rings (SSSR count). The fraction of sp³-hybridized carbons (Fsp3) is 0.125. The molecule has 10 heteroatoms. The molecule has 0 saturated carbocycles. The molecule has 1 aromatic heterocycles. The highest BCUT2D eigenvalue weighted by atomic mass is 32.2. The first kappa shape index (κ1) is 17.5. The van der Waals surface area contributed by atoms with Crippen LogP contribution in [-0.4, -0.2) is 40.5 Å². The van der Waals surface area contributed by atoms with E-state index in [9.17, 15) is 9.59 Å². The van der Waals surface area contributed by atoms with Gasteiger partial charge in [0.05, 0.1) is 18.2 Å². The van der Waals surface area contributed by atoms with Gasteiger partial charge in [-0.05, 0) is 17.3 Å². The van der Waals surface area contributed by atoms with Crippen molar-refractivity contribution >= 4 is 35.0 Å². The van der Waals surface area contributed by atoms with Crippen LogP contribution in [0.4, 0.5) is 0 Å². The van der Waals surface area contributed by atoms with Gasteiger partial charge in [-0.2, -0.15) is 10.1 Å². The van der Waals surface area contributed by atoms with Gasteiger partial charge in [-0.15, -0.1) is 5.10 Å². The highest BCUT2D eigenvalue weighted by molar-refractivity contribution is 8.18. The molecular formula is C16H13N5O4S. The summed E-state index contributed by atoms with van der Waals surface area (Å²) < 4.78 is 9.43. The lowest BCUT2D eigenvalue weighted by atomic mass is 10.1. The Bertz CT molecular complexity index is 930. The molecule has 26 heavy (non-hydrogen) atoms. The number of aryl methyl sites for hydroxylation is 1. The summed E-state index contributed by atoms with van der Waals surface area (Å²) in [5.41, 5.74) is 1.62. The minimum atomic E-state index is -0.607. The zero-order valence-corrected chi connectivity index (χ0v) is 14.6. The zero-order valence-electron chi connectivity index (χ0n) is 13.8. The first-order valence-electron chi connectivity index (χ1n) is 7.36. The largest absolute Gasteiger partial charge is 0.466 e. The smallest absolute Gasteiger partial charge is 0.331 e. The molecule has 0 unspecified atom stereocenters. The quantitative estimate of drug-likeness (QED) is 0.376. The summed E-state index contributed by atoms with van der Waals surface area (Å²) in [6.45, 7) is 1.72. The number of carbonyl (C=O) groups is 2. The van der Waals surface area contributed by atoms with E-state index in [1.54, 1.807) is 6.92 Å². The third-order valence-corrected chi connectivity index (χ3v) is 4.05. The first-order chi connectivity index (χ1) is 12.5. The van der Waals surface area contributed by atoms with E-state index in [-0.39, 0.29) is 10.1 Å². The third kappa shape index (κ3) is 4.22. The topological polar surface area (TPSA) is 119 Å². The molecule has 0 spiro atoms.